The summed E-state index contributed by atoms with van der Waals surface area (Å²) >= 11 is 0. The lowest BCUT2D eigenvalue weighted by Gasteiger charge is -2.07. The van der Waals surface area contributed by atoms with Gasteiger partial charge in [-0.25, -0.2) is 0 Å². The molecule has 0 aliphatic rings. The summed E-state index contributed by atoms with van der Waals surface area (Å²) < 4.78 is 5.27. The average molecular weight is 176 g/mol. The minimum absolute atomic E-state index is 0.949. The Hall–Kier alpha value is -1.24. The molecule has 0 atom stereocenters. The molecule has 0 N–H and O–H groups in total. The van der Waals surface area contributed by atoms with Crippen LogP contribution >= 0.6 is 0 Å². The van der Waals surface area contributed by atoms with Gasteiger partial charge in [0.1, 0.15) is 5.75 Å². The molecule has 0 fully saturated rings. The molecule has 0 saturated heterocycles. The van der Waals surface area contributed by atoms with Crippen molar-refractivity contribution in [2.24, 2.45) is 0 Å². The highest BCUT2D eigenvalue weighted by molar-refractivity contribution is 5.68. The molecule has 1 heteroatoms. The minimum Gasteiger partial charge on any atom is -0.496 e. The molecule has 0 saturated carbocycles. The van der Waals surface area contributed by atoms with E-state index in [-0.39, 0.29) is 0 Å². The van der Waals surface area contributed by atoms with Gasteiger partial charge in [0.25, 0.3) is 0 Å². The number of methoxy groups -OCH3 is 1. The van der Waals surface area contributed by atoms with Gasteiger partial charge in [0, 0.05) is 5.56 Å². The molecule has 1 rings (SSSR count). The maximum atomic E-state index is 5.27. The van der Waals surface area contributed by atoms with Crippen molar-refractivity contribution >= 4 is 5.57 Å². The molecule has 0 unspecified atom stereocenters. The Morgan fingerprint density at radius 2 is 2.08 bits per heavy atom. The van der Waals surface area contributed by atoms with E-state index in [1.807, 2.05) is 18.2 Å². The molecular weight excluding hydrogens is 160 g/mol. The normalized spacial score (nSPS) is 11.5. The van der Waals surface area contributed by atoms with Crippen LogP contribution in [0.25, 0.3) is 5.57 Å². The van der Waals surface area contributed by atoms with Gasteiger partial charge in [-0.1, -0.05) is 31.2 Å². The molecule has 1 aromatic carbocycles. The fraction of sp³-hybridized carbons (Fsp3) is 0.333. The predicted octanol–water partition coefficient (Wildman–Crippen LogP) is 3.51. The van der Waals surface area contributed by atoms with Crippen LogP contribution in [0, 0.1) is 0 Å². The molecule has 1 aromatic rings. The zero-order chi connectivity index (χ0) is 9.68. The van der Waals surface area contributed by atoms with E-state index >= 15 is 0 Å². The first-order valence-corrected chi connectivity index (χ1v) is 4.59. The van der Waals surface area contributed by atoms with Gasteiger partial charge in [0.2, 0.25) is 0 Å². The Labute approximate surface area is 80.0 Å². The van der Waals surface area contributed by atoms with E-state index in [2.05, 4.69) is 26.0 Å². The molecular formula is C12H16O. The number of para-hydroxylation sites is 1. The van der Waals surface area contributed by atoms with Gasteiger partial charge in [0.05, 0.1) is 7.11 Å². The Morgan fingerprint density at radius 3 is 2.69 bits per heavy atom. The van der Waals surface area contributed by atoms with Crippen molar-refractivity contribution in [2.75, 3.05) is 7.11 Å². The second-order valence-electron chi connectivity index (χ2n) is 3.00. The van der Waals surface area contributed by atoms with Gasteiger partial charge in [-0.2, -0.15) is 0 Å². The summed E-state index contributed by atoms with van der Waals surface area (Å²) in [4.78, 5) is 0. The maximum Gasteiger partial charge on any atom is 0.126 e. The van der Waals surface area contributed by atoms with E-state index in [0.717, 1.165) is 12.2 Å². The van der Waals surface area contributed by atoms with E-state index < -0.39 is 0 Å². The number of ether oxygens (including phenoxy) is 1. The zero-order valence-corrected chi connectivity index (χ0v) is 8.50. The first kappa shape index (κ1) is 9.85. The number of allylic oxidation sites excluding steroid dienone is 2. The van der Waals surface area contributed by atoms with Crippen molar-refractivity contribution in [3.8, 4) is 5.75 Å². The second-order valence-corrected chi connectivity index (χ2v) is 3.00. The summed E-state index contributed by atoms with van der Waals surface area (Å²) in [5.41, 5.74) is 2.46. The van der Waals surface area contributed by atoms with Crippen molar-refractivity contribution in [3.05, 3.63) is 35.9 Å². The number of hydrogen-bond donors (Lipinski definition) is 0. The van der Waals surface area contributed by atoms with E-state index in [4.69, 9.17) is 4.74 Å². The van der Waals surface area contributed by atoms with Crippen molar-refractivity contribution in [1.29, 1.82) is 0 Å². The van der Waals surface area contributed by atoms with Crippen LogP contribution < -0.4 is 4.74 Å². The molecule has 0 aromatic heterocycles. The fourth-order valence-corrected chi connectivity index (χ4v) is 1.39. The Morgan fingerprint density at radius 1 is 1.38 bits per heavy atom. The Bertz CT molecular complexity index is 300. The topological polar surface area (TPSA) is 9.23 Å². The van der Waals surface area contributed by atoms with Gasteiger partial charge in [0.15, 0.2) is 0 Å². The van der Waals surface area contributed by atoms with Crippen molar-refractivity contribution in [3.63, 3.8) is 0 Å². The average Bonchev–Trinajstić information content (AvgIpc) is 2.18. The highest BCUT2D eigenvalue weighted by Crippen LogP contribution is 2.25. The first-order valence-electron chi connectivity index (χ1n) is 4.59. The zero-order valence-electron chi connectivity index (χ0n) is 8.50. The fourth-order valence-electron chi connectivity index (χ4n) is 1.39. The molecule has 0 aliphatic heterocycles. The molecule has 0 aliphatic carbocycles. The Kier molecular flexibility index (Phi) is 3.56. The molecule has 0 radical (unpaired) electrons. The van der Waals surface area contributed by atoms with Crippen molar-refractivity contribution < 1.29 is 4.74 Å². The first-order chi connectivity index (χ1) is 6.29. The van der Waals surface area contributed by atoms with Gasteiger partial charge >= 0.3 is 0 Å². The van der Waals surface area contributed by atoms with Crippen molar-refractivity contribution in [1.82, 2.24) is 0 Å². The predicted molar refractivity (Wildman–Crippen MR) is 56.9 cm³/mol. The summed E-state index contributed by atoms with van der Waals surface area (Å²) in [5.74, 6) is 0.949. The lowest BCUT2D eigenvalue weighted by Crippen LogP contribution is -1.88. The van der Waals surface area contributed by atoms with E-state index in [1.165, 1.54) is 11.1 Å². The van der Waals surface area contributed by atoms with E-state index in [1.54, 1.807) is 7.11 Å². The van der Waals surface area contributed by atoms with Gasteiger partial charge < -0.3 is 4.74 Å². The standard InChI is InChI=1S/C12H16O/c1-4-7-10(2)11-8-5-6-9-12(11)13-3/h5-9H,4H2,1-3H3/b10-7+. The minimum atomic E-state index is 0.949. The van der Waals surface area contributed by atoms with E-state index in [0.29, 0.717) is 0 Å². The van der Waals surface area contributed by atoms with Gasteiger partial charge in [-0.3, -0.25) is 0 Å². The molecule has 0 heterocycles. The summed E-state index contributed by atoms with van der Waals surface area (Å²) in [6, 6.07) is 8.09. The smallest absolute Gasteiger partial charge is 0.126 e. The molecule has 70 valence electrons. The van der Waals surface area contributed by atoms with Crippen LogP contribution in [-0.2, 0) is 0 Å². The third kappa shape index (κ3) is 2.35. The largest absolute Gasteiger partial charge is 0.496 e. The summed E-state index contributed by atoms with van der Waals surface area (Å²) in [7, 11) is 1.71. The highest BCUT2D eigenvalue weighted by Gasteiger charge is 2.01. The van der Waals surface area contributed by atoms with Crippen LogP contribution in [0.5, 0.6) is 5.75 Å². The second kappa shape index (κ2) is 4.70. The van der Waals surface area contributed by atoms with Crippen LogP contribution in [0.15, 0.2) is 30.3 Å². The summed E-state index contributed by atoms with van der Waals surface area (Å²) in [6.45, 7) is 4.25. The van der Waals surface area contributed by atoms with Gasteiger partial charge in [-0.15, -0.1) is 0 Å². The third-order valence-electron chi connectivity index (χ3n) is 2.04. The molecule has 13 heavy (non-hydrogen) atoms. The highest BCUT2D eigenvalue weighted by atomic mass is 16.5. The molecule has 0 spiro atoms. The quantitative estimate of drug-likeness (QED) is 0.684. The van der Waals surface area contributed by atoms with Crippen LogP contribution in [-0.4, -0.2) is 7.11 Å². The third-order valence-corrected chi connectivity index (χ3v) is 2.04. The number of benzene rings is 1. The molecule has 0 amide bonds. The van der Waals surface area contributed by atoms with Crippen LogP contribution in [0.2, 0.25) is 0 Å². The van der Waals surface area contributed by atoms with Crippen LogP contribution in [0.1, 0.15) is 25.8 Å². The lowest BCUT2D eigenvalue weighted by molar-refractivity contribution is 0.413. The maximum absolute atomic E-state index is 5.27. The van der Waals surface area contributed by atoms with Crippen molar-refractivity contribution in [2.45, 2.75) is 20.3 Å². The number of hydrogen-bond acceptors (Lipinski definition) is 1. The molecule has 0 bridgehead atoms. The Balaban J connectivity index is 3.05. The van der Waals surface area contributed by atoms with Crippen LogP contribution in [0.3, 0.4) is 0 Å². The summed E-state index contributed by atoms with van der Waals surface area (Å²) in [6.07, 6.45) is 3.27. The number of rotatable bonds is 3. The van der Waals surface area contributed by atoms with E-state index in [9.17, 15) is 0 Å². The summed E-state index contributed by atoms with van der Waals surface area (Å²) in [5, 5.41) is 0. The lowest BCUT2D eigenvalue weighted by atomic mass is 10.1. The monoisotopic (exact) mass is 176 g/mol. The SMILES string of the molecule is CC/C=C(\C)c1ccccc1OC. The van der Waals surface area contributed by atoms with Gasteiger partial charge in [-0.05, 0) is 25.0 Å². The molecule has 1 nitrogen and oxygen atoms in total. The van der Waals surface area contributed by atoms with Crippen LogP contribution in [0.4, 0.5) is 0 Å².